The Morgan fingerprint density at radius 3 is 2.50 bits per heavy atom. The van der Waals surface area contributed by atoms with Crippen LogP contribution in [0.25, 0.3) is 0 Å². The lowest BCUT2D eigenvalue weighted by Gasteiger charge is -2.27. The van der Waals surface area contributed by atoms with Crippen molar-refractivity contribution in [3.05, 3.63) is 130 Å². The number of benzene rings is 4. The number of nitrogens with zero attached hydrogens (tertiary/aromatic N) is 1. The third kappa shape index (κ3) is 5.73. The van der Waals surface area contributed by atoms with E-state index in [-0.39, 0.29) is 17.2 Å². The van der Waals surface area contributed by atoms with Crippen LogP contribution in [0.1, 0.15) is 39.9 Å². The summed E-state index contributed by atoms with van der Waals surface area (Å²) in [4.78, 5) is 12.8. The largest absolute Gasteiger partial charge is 0.494 e. The van der Waals surface area contributed by atoms with Gasteiger partial charge in [-0.3, -0.25) is 0 Å². The second kappa shape index (κ2) is 11.9. The minimum Gasteiger partial charge on any atom is -0.494 e. The van der Waals surface area contributed by atoms with E-state index in [4.69, 9.17) is 36.3 Å². The van der Waals surface area contributed by atoms with Crippen molar-refractivity contribution in [2.45, 2.75) is 19.4 Å². The fourth-order valence-electron chi connectivity index (χ4n) is 4.45. The number of carbonyl (C=O) groups is 1. The molecular weight excluding hydrogens is 528 g/mol. The summed E-state index contributed by atoms with van der Waals surface area (Å²) in [5.41, 5.74) is 9.15. The van der Waals surface area contributed by atoms with Crippen molar-refractivity contribution >= 4 is 17.6 Å². The van der Waals surface area contributed by atoms with Gasteiger partial charge in [0, 0.05) is 22.2 Å². The highest BCUT2D eigenvalue weighted by Gasteiger charge is 2.31. The summed E-state index contributed by atoms with van der Waals surface area (Å²) in [7, 11) is 0. The fourth-order valence-corrected chi connectivity index (χ4v) is 4.64. The Bertz CT molecular complexity index is 1640. The van der Waals surface area contributed by atoms with Crippen LogP contribution in [0.4, 0.5) is 0 Å². The number of fused-ring (bicyclic) bond motifs is 1. The first-order valence-corrected chi connectivity index (χ1v) is 13.0. The van der Waals surface area contributed by atoms with E-state index < -0.39 is 11.9 Å². The molecule has 40 heavy (non-hydrogen) atoms. The van der Waals surface area contributed by atoms with Crippen molar-refractivity contribution in [2.75, 3.05) is 6.61 Å². The van der Waals surface area contributed by atoms with Crippen LogP contribution < -0.4 is 24.7 Å². The zero-order valence-corrected chi connectivity index (χ0v) is 22.4. The molecule has 1 unspecified atom stereocenters. The molecule has 0 radical (unpaired) electrons. The smallest absolute Gasteiger partial charge is 0.343 e. The molecule has 8 heteroatoms. The normalized spacial score (nSPS) is 14.0. The Labute approximate surface area is 236 Å². The first kappa shape index (κ1) is 26.7. The zero-order chi connectivity index (χ0) is 28.1. The van der Waals surface area contributed by atoms with Gasteiger partial charge < -0.3 is 24.7 Å². The van der Waals surface area contributed by atoms with Crippen LogP contribution in [0.15, 0.2) is 102 Å². The number of rotatable bonds is 8. The Morgan fingerprint density at radius 1 is 0.950 bits per heavy atom. The number of carbonyl (C=O) groups excluding carboxylic acids is 1. The molecule has 7 nitrogen and oxygen atoms in total. The number of esters is 1. The van der Waals surface area contributed by atoms with Gasteiger partial charge >= 0.3 is 5.97 Å². The van der Waals surface area contributed by atoms with Crippen molar-refractivity contribution in [3.63, 3.8) is 0 Å². The molecule has 0 saturated carbocycles. The van der Waals surface area contributed by atoms with Gasteiger partial charge in [-0.1, -0.05) is 54.1 Å². The minimum atomic E-state index is -0.543. The third-order valence-electron chi connectivity index (χ3n) is 6.33. The molecule has 4 aromatic carbocycles. The molecule has 0 spiro atoms. The van der Waals surface area contributed by atoms with Crippen LogP contribution in [-0.2, 0) is 6.61 Å². The predicted molar refractivity (Wildman–Crippen MR) is 151 cm³/mol. The molecule has 0 bridgehead atoms. The van der Waals surface area contributed by atoms with Crippen molar-refractivity contribution in [2.24, 2.45) is 5.73 Å². The molecule has 5 rings (SSSR count). The van der Waals surface area contributed by atoms with Gasteiger partial charge in [0.1, 0.15) is 41.2 Å². The minimum absolute atomic E-state index is 0.0183. The van der Waals surface area contributed by atoms with Crippen molar-refractivity contribution in [3.8, 4) is 29.1 Å². The lowest BCUT2D eigenvalue weighted by atomic mass is 9.83. The highest BCUT2D eigenvalue weighted by atomic mass is 35.5. The number of nitrogens with two attached hydrogens (primary N) is 1. The zero-order valence-electron chi connectivity index (χ0n) is 21.6. The summed E-state index contributed by atoms with van der Waals surface area (Å²) in [6, 6.07) is 28.9. The van der Waals surface area contributed by atoms with Gasteiger partial charge in [-0.2, -0.15) is 5.26 Å². The van der Waals surface area contributed by atoms with Crippen molar-refractivity contribution in [1.82, 2.24) is 0 Å². The molecule has 0 aliphatic carbocycles. The number of halogens is 1. The molecule has 0 amide bonds. The molecule has 200 valence electrons. The highest BCUT2D eigenvalue weighted by molar-refractivity contribution is 6.31. The average molecular weight is 553 g/mol. The molecule has 1 aliphatic rings. The summed E-state index contributed by atoms with van der Waals surface area (Å²) >= 11 is 6.27. The summed E-state index contributed by atoms with van der Waals surface area (Å²) < 4.78 is 22.9. The van der Waals surface area contributed by atoms with E-state index in [0.29, 0.717) is 46.6 Å². The molecule has 1 atom stereocenters. The molecule has 2 N–H and O–H groups in total. The van der Waals surface area contributed by atoms with E-state index in [2.05, 4.69) is 6.07 Å². The van der Waals surface area contributed by atoms with Crippen LogP contribution >= 0.6 is 11.6 Å². The molecule has 1 heterocycles. The van der Waals surface area contributed by atoms with E-state index in [1.54, 1.807) is 42.5 Å². The maximum atomic E-state index is 12.8. The second-order valence-corrected chi connectivity index (χ2v) is 9.33. The van der Waals surface area contributed by atoms with Crippen LogP contribution in [0.5, 0.6) is 23.0 Å². The molecule has 4 aromatic rings. The fraction of sp³-hybridized carbons (Fsp3) is 0.125. The lowest BCUT2D eigenvalue weighted by molar-refractivity contribution is 0.0734. The second-order valence-electron chi connectivity index (χ2n) is 8.93. The first-order chi connectivity index (χ1) is 19.5. The Morgan fingerprint density at radius 2 is 1.73 bits per heavy atom. The maximum absolute atomic E-state index is 12.8. The molecule has 0 fully saturated rings. The predicted octanol–water partition coefficient (Wildman–Crippen LogP) is 6.76. The van der Waals surface area contributed by atoms with Crippen LogP contribution in [0.2, 0.25) is 5.02 Å². The van der Waals surface area contributed by atoms with E-state index in [1.165, 1.54) is 0 Å². The van der Waals surface area contributed by atoms with Crippen LogP contribution in [-0.4, -0.2) is 12.6 Å². The van der Waals surface area contributed by atoms with E-state index in [0.717, 1.165) is 11.1 Å². The van der Waals surface area contributed by atoms with Crippen molar-refractivity contribution < 1.29 is 23.7 Å². The van der Waals surface area contributed by atoms with E-state index in [1.807, 2.05) is 55.5 Å². The summed E-state index contributed by atoms with van der Waals surface area (Å²) in [6.07, 6.45) is 0. The molecule has 0 saturated heterocycles. The Kier molecular flexibility index (Phi) is 7.90. The maximum Gasteiger partial charge on any atom is 0.343 e. The number of ether oxygens (including phenoxy) is 4. The number of hydrogen-bond donors (Lipinski definition) is 1. The lowest BCUT2D eigenvalue weighted by Crippen LogP contribution is -2.21. The average Bonchev–Trinajstić information content (AvgIpc) is 2.96. The highest BCUT2D eigenvalue weighted by Crippen LogP contribution is 2.44. The monoisotopic (exact) mass is 552 g/mol. The van der Waals surface area contributed by atoms with Gasteiger partial charge in [0.05, 0.1) is 18.1 Å². The topological polar surface area (TPSA) is 104 Å². The van der Waals surface area contributed by atoms with Gasteiger partial charge in [0.2, 0.25) is 5.88 Å². The molecular formula is C32H25ClN2O5. The summed E-state index contributed by atoms with van der Waals surface area (Å²) in [5.74, 6) is 0.778. The first-order valence-electron chi connectivity index (χ1n) is 12.6. The van der Waals surface area contributed by atoms with Gasteiger partial charge in [0.15, 0.2) is 0 Å². The number of hydrogen-bond acceptors (Lipinski definition) is 7. The number of allylic oxidation sites excluding steroid dienone is 1. The van der Waals surface area contributed by atoms with Gasteiger partial charge in [0.25, 0.3) is 0 Å². The summed E-state index contributed by atoms with van der Waals surface area (Å²) in [6.45, 7) is 2.64. The standard InChI is InChI=1S/C32H25ClN2O5/c1-2-37-23-10-6-9-21(16-23)32(36)39-25-13-14-26-29(17-25)40-31(35)27(18-34)30(26)20-8-5-11-24(15-20)38-19-22-7-3-4-12-28(22)33/h3-17,30H,2,19,35H2,1H3. The molecule has 1 aliphatic heterocycles. The van der Waals surface area contributed by atoms with Gasteiger partial charge in [-0.05, 0) is 55.0 Å². The van der Waals surface area contributed by atoms with Crippen LogP contribution in [0.3, 0.4) is 0 Å². The van der Waals surface area contributed by atoms with Gasteiger partial charge in [-0.15, -0.1) is 0 Å². The number of nitriles is 1. The molecule has 0 aromatic heterocycles. The third-order valence-corrected chi connectivity index (χ3v) is 6.69. The SMILES string of the molecule is CCOc1cccc(C(=O)Oc2ccc3c(c2)OC(N)=C(C#N)C3c2cccc(OCc3ccccc3Cl)c2)c1. The van der Waals surface area contributed by atoms with E-state index >= 15 is 0 Å². The quantitative estimate of drug-likeness (QED) is 0.190. The Hall–Kier alpha value is -4.93. The van der Waals surface area contributed by atoms with Crippen LogP contribution in [0, 0.1) is 11.3 Å². The summed E-state index contributed by atoms with van der Waals surface area (Å²) in [5, 5.41) is 10.6. The van der Waals surface area contributed by atoms with Crippen molar-refractivity contribution in [1.29, 1.82) is 5.26 Å². The van der Waals surface area contributed by atoms with Gasteiger partial charge in [-0.25, -0.2) is 4.79 Å². The van der Waals surface area contributed by atoms with E-state index in [9.17, 15) is 10.1 Å². The Balaban J connectivity index is 1.41.